The lowest BCUT2D eigenvalue weighted by Crippen LogP contribution is -2.31. The van der Waals surface area contributed by atoms with Gasteiger partial charge in [-0.15, -0.1) is 0 Å². The summed E-state index contributed by atoms with van der Waals surface area (Å²) in [5, 5.41) is 5.27. The third-order valence-corrected chi connectivity index (χ3v) is 3.89. The van der Waals surface area contributed by atoms with E-state index in [1.54, 1.807) is 24.3 Å². The monoisotopic (exact) mass is 358 g/mol. The van der Waals surface area contributed by atoms with Gasteiger partial charge in [0.05, 0.1) is 31.8 Å². The molecule has 0 spiro atoms. The van der Waals surface area contributed by atoms with Crippen molar-refractivity contribution in [2.45, 2.75) is 25.4 Å². The molecule has 0 bridgehead atoms. The number of imide groups is 1. The number of amides is 4. The van der Waals surface area contributed by atoms with E-state index in [1.807, 2.05) is 0 Å². The number of urea groups is 1. The average molecular weight is 358 g/mol. The zero-order valence-corrected chi connectivity index (χ0v) is 14.1. The van der Waals surface area contributed by atoms with E-state index in [0.29, 0.717) is 17.3 Å². The fraction of sp³-hybridized carbons (Fsp3) is 0.294. The number of aromatic nitrogens is 1. The molecule has 1 saturated heterocycles. The summed E-state index contributed by atoms with van der Waals surface area (Å²) in [7, 11) is 1.50. The second-order valence-corrected chi connectivity index (χ2v) is 5.68. The lowest BCUT2D eigenvalue weighted by atomic mass is 10.1. The third kappa shape index (κ3) is 4.00. The maximum Gasteiger partial charge on any atom is 0.325 e. The van der Waals surface area contributed by atoms with Gasteiger partial charge < -0.3 is 19.8 Å². The van der Waals surface area contributed by atoms with Crippen molar-refractivity contribution in [3.8, 4) is 5.88 Å². The van der Waals surface area contributed by atoms with Gasteiger partial charge in [-0.25, -0.2) is 9.78 Å². The Kier molecular flexibility index (Phi) is 5.16. The van der Waals surface area contributed by atoms with Crippen molar-refractivity contribution in [3.63, 3.8) is 0 Å². The molecule has 0 radical (unpaired) electrons. The molecule has 136 valence electrons. The highest BCUT2D eigenvalue weighted by atomic mass is 16.5. The van der Waals surface area contributed by atoms with Crippen LogP contribution in [0.3, 0.4) is 0 Å². The van der Waals surface area contributed by atoms with Gasteiger partial charge >= 0.3 is 6.03 Å². The number of nitrogens with one attached hydrogen (secondary N) is 2. The van der Waals surface area contributed by atoms with Crippen molar-refractivity contribution in [2.24, 2.45) is 0 Å². The highest BCUT2D eigenvalue weighted by molar-refractivity contribution is 6.04. The minimum Gasteiger partial charge on any atom is -0.481 e. The second-order valence-electron chi connectivity index (χ2n) is 5.68. The molecule has 2 N–H and O–H groups in total. The van der Waals surface area contributed by atoms with Crippen LogP contribution < -0.4 is 15.4 Å². The second kappa shape index (κ2) is 7.68. The SMILES string of the molecule is COc1ccc(NC(=O)CC[C@@H]2NC(=O)N(Cc3ccco3)C2=O)cn1. The molecular weight excluding hydrogens is 340 g/mol. The van der Waals surface area contributed by atoms with Crippen LogP contribution in [0.5, 0.6) is 5.88 Å². The van der Waals surface area contributed by atoms with Crippen LogP contribution in [0.25, 0.3) is 0 Å². The number of carbonyl (C=O) groups is 3. The van der Waals surface area contributed by atoms with Crippen molar-refractivity contribution in [1.29, 1.82) is 0 Å². The van der Waals surface area contributed by atoms with Gasteiger partial charge in [0.25, 0.3) is 5.91 Å². The number of furan rings is 1. The smallest absolute Gasteiger partial charge is 0.325 e. The molecule has 9 nitrogen and oxygen atoms in total. The minimum atomic E-state index is -0.725. The van der Waals surface area contributed by atoms with Gasteiger partial charge in [-0.2, -0.15) is 0 Å². The van der Waals surface area contributed by atoms with Gasteiger partial charge in [-0.3, -0.25) is 14.5 Å². The van der Waals surface area contributed by atoms with E-state index < -0.39 is 12.1 Å². The Morgan fingerprint density at radius 2 is 2.23 bits per heavy atom. The fourth-order valence-electron chi connectivity index (χ4n) is 2.55. The molecular formula is C17H18N4O5. The van der Waals surface area contributed by atoms with Crippen molar-refractivity contribution in [2.75, 3.05) is 12.4 Å². The van der Waals surface area contributed by atoms with Crippen LogP contribution in [0.1, 0.15) is 18.6 Å². The molecule has 1 aliphatic rings. The molecule has 0 aliphatic carbocycles. The molecule has 3 heterocycles. The highest BCUT2D eigenvalue weighted by Gasteiger charge is 2.38. The molecule has 1 aliphatic heterocycles. The molecule has 2 aromatic rings. The molecule has 3 rings (SSSR count). The molecule has 2 aromatic heterocycles. The first-order chi connectivity index (χ1) is 12.6. The summed E-state index contributed by atoms with van der Waals surface area (Å²) >= 11 is 0. The third-order valence-electron chi connectivity index (χ3n) is 3.89. The van der Waals surface area contributed by atoms with Crippen LogP contribution in [0.15, 0.2) is 41.1 Å². The Labute approximate surface area is 149 Å². The predicted octanol–water partition coefficient (Wildman–Crippen LogP) is 1.52. The summed E-state index contributed by atoms with van der Waals surface area (Å²) in [4.78, 5) is 41.4. The number of anilines is 1. The maximum absolute atomic E-state index is 12.3. The van der Waals surface area contributed by atoms with Gasteiger partial charge in [0.1, 0.15) is 11.8 Å². The Morgan fingerprint density at radius 3 is 2.88 bits per heavy atom. The van der Waals surface area contributed by atoms with E-state index in [1.165, 1.54) is 19.6 Å². The number of nitrogens with zero attached hydrogens (tertiary/aromatic N) is 2. The molecule has 26 heavy (non-hydrogen) atoms. The number of hydrogen-bond donors (Lipinski definition) is 2. The molecule has 0 unspecified atom stereocenters. The lowest BCUT2D eigenvalue weighted by molar-refractivity contribution is -0.128. The first-order valence-electron chi connectivity index (χ1n) is 8.01. The van der Waals surface area contributed by atoms with Crippen molar-refractivity contribution >= 4 is 23.5 Å². The van der Waals surface area contributed by atoms with Crippen LogP contribution in [0.2, 0.25) is 0 Å². The minimum absolute atomic E-state index is 0.0673. The topological polar surface area (TPSA) is 114 Å². The zero-order valence-electron chi connectivity index (χ0n) is 14.1. The van der Waals surface area contributed by atoms with Crippen LogP contribution in [0.4, 0.5) is 10.5 Å². The van der Waals surface area contributed by atoms with Crippen molar-refractivity contribution < 1.29 is 23.5 Å². The standard InChI is InChI=1S/C17H18N4O5/c1-25-15-7-4-11(9-18-15)19-14(22)6-5-13-16(23)21(17(24)20-13)10-12-3-2-8-26-12/h2-4,7-9,13H,5-6,10H2,1H3,(H,19,22)(H,20,24)/t13-/m0/s1. The zero-order chi connectivity index (χ0) is 18.5. The average Bonchev–Trinajstić information content (AvgIpc) is 3.24. The maximum atomic E-state index is 12.3. The van der Waals surface area contributed by atoms with E-state index in [0.717, 1.165) is 4.90 Å². The summed E-state index contributed by atoms with van der Waals surface area (Å²) in [5.41, 5.74) is 0.525. The number of ether oxygens (including phenoxy) is 1. The number of methoxy groups -OCH3 is 1. The fourth-order valence-corrected chi connectivity index (χ4v) is 2.55. The van der Waals surface area contributed by atoms with Crippen molar-refractivity contribution in [1.82, 2.24) is 15.2 Å². The van der Waals surface area contributed by atoms with Gasteiger partial charge in [-0.1, -0.05) is 0 Å². The molecule has 0 saturated carbocycles. The number of rotatable bonds is 7. The van der Waals surface area contributed by atoms with Gasteiger partial charge in [0.15, 0.2) is 0 Å². The number of carbonyl (C=O) groups excluding carboxylic acids is 3. The van der Waals surface area contributed by atoms with Crippen molar-refractivity contribution in [3.05, 3.63) is 42.5 Å². The van der Waals surface area contributed by atoms with Gasteiger partial charge in [-0.05, 0) is 24.6 Å². The molecule has 4 amide bonds. The summed E-state index contributed by atoms with van der Waals surface area (Å²) < 4.78 is 10.1. The Hall–Kier alpha value is -3.36. The summed E-state index contributed by atoms with van der Waals surface area (Å²) in [6.45, 7) is 0.0673. The van der Waals surface area contributed by atoms with Gasteiger partial charge in [0.2, 0.25) is 11.8 Å². The van der Waals surface area contributed by atoms with E-state index in [-0.39, 0.29) is 31.2 Å². The lowest BCUT2D eigenvalue weighted by Gasteiger charge is -2.11. The highest BCUT2D eigenvalue weighted by Crippen LogP contribution is 2.16. The number of pyridine rings is 1. The first kappa shape index (κ1) is 17.5. The van der Waals surface area contributed by atoms with Crippen LogP contribution >= 0.6 is 0 Å². The Morgan fingerprint density at radius 1 is 1.38 bits per heavy atom. The molecule has 1 atom stereocenters. The van der Waals surface area contributed by atoms with Crippen LogP contribution in [0, 0.1) is 0 Å². The quantitative estimate of drug-likeness (QED) is 0.726. The van der Waals surface area contributed by atoms with Crippen LogP contribution in [-0.2, 0) is 16.1 Å². The largest absolute Gasteiger partial charge is 0.481 e. The number of hydrogen-bond acceptors (Lipinski definition) is 6. The van der Waals surface area contributed by atoms with E-state index in [2.05, 4.69) is 15.6 Å². The van der Waals surface area contributed by atoms with Crippen LogP contribution in [-0.4, -0.2) is 40.9 Å². The van der Waals surface area contributed by atoms with E-state index >= 15 is 0 Å². The molecule has 9 heteroatoms. The molecule has 1 fully saturated rings. The summed E-state index contributed by atoms with van der Waals surface area (Å²) in [6, 6.07) is 5.45. The first-order valence-corrected chi connectivity index (χ1v) is 8.01. The molecule has 0 aromatic carbocycles. The summed E-state index contributed by atoms with van der Waals surface area (Å²) in [6.07, 6.45) is 3.24. The summed E-state index contributed by atoms with van der Waals surface area (Å²) in [5.74, 6) is 0.312. The Bertz CT molecular complexity index is 788. The van der Waals surface area contributed by atoms with E-state index in [4.69, 9.17) is 9.15 Å². The predicted molar refractivity (Wildman–Crippen MR) is 90.2 cm³/mol. The van der Waals surface area contributed by atoms with E-state index in [9.17, 15) is 14.4 Å². The Balaban J connectivity index is 1.50. The normalized spacial score (nSPS) is 16.5. The van der Waals surface area contributed by atoms with Gasteiger partial charge in [0, 0.05) is 12.5 Å².